The van der Waals surface area contributed by atoms with E-state index in [1.165, 1.54) is 0 Å². The second-order valence-corrected chi connectivity index (χ2v) is 4.00. The van der Waals surface area contributed by atoms with Gasteiger partial charge >= 0.3 is 18.1 Å². The van der Waals surface area contributed by atoms with Crippen LogP contribution in [0.4, 0.5) is 13.2 Å². The summed E-state index contributed by atoms with van der Waals surface area (Å²) in [6, 6.07) is 1.19. The fourth-order valence-corrected chi connectivity index (χ4v) is 1.30. The Labute approximate surface area is 114 Å². The van der Waals surface area contributed by atoms with E-state index in [0.29, 0.717) is 18.3 Å². The number of alkyl halides is 3. The molecule has 0 unspecified atom stereocenters. The number of nitrogens with zero attached hydrogens (tertiary/aromatic N) is 1. The van der Waals surface area contributed by atoms with Gasteiger partial charge in [-0.2, -0.15) is 13.2 Å². The van der Waals surface area contributed by atoms with Crippen molar-refractivity contribution < 1.29 is 42.9 Å². The number of carboxylic acids is 2. The van der Waals surface area contributed by atoms with Gasteiger partial charge in [0, 0.05) is 11.8 Å². The summed E-state index contributed by atoms with van der Waals surface area (Å²) in [4.78, 5) is 35.9. The number of carbonyl (C=O) groups is 3. The number of hydrogen-bond donors (Lipinski definition) is 3. The van der Waals surface area contributed by atoms with Crippen LogP contribution in [0.5, 0.6) is 0 Å². The van der Waals surface area contributed by atoms with Crippen LogP contribution in [0.1, 0.15) is 22.5 Å². The number of aliphatic hydroxyl groups is 1. The van der Waals surface area contributed by atoms with Gasteiger partial charge < -0.3 is 15.3 Å². The molecule has 0 amide bonds. The molecule has 0 fully saturated rings. The number of pyridine rings is 1. The molecular weight excluding hydrogens is 299 g/mol. The van der Waals surface area contributed by atoms with Crippen molar-refractivity contribution in [2.24, 2.45) is 0 Å². The highest BCUT2D eigenvalue weighted by Gasteiger charge is 2.46. The predicted molar refractivity (Wildman–Crippen MR) is 58.4 cm³/mol. The van der Waals surface area contributed by atoms with Crippen LogP contribution in [0.15, 0.2) is 18.3 Å². The van der Waals surface area contributed by atoms with E-state index >= 15 is 0 Å². The summed E-state index contributed by atoms with van der Waals surface area (Å²) in [6.07, 6.45) is -5.54. The smallest absolute Gasteiger partial charge is 0.433 e. The average molecular weight is 307 g/mol. The van der Waals surface area contributed by atoms with Gasteiger partial charge in [0.25, 0.3) is 5.60 Å². The van der Waals surface area contributed by atoms with Crippen LogP contribution in [-0.4, -0.2) is 43.6 Å². The van der Waals surface area contributed by atoms with Gasteiger partial charge in [-0.15, -0.1) is 0 Å². The maximum atomic E-state index is 12.3. The molecule has 0 aliphatic carbocycles. The van der Waals surface area contributed by atoms with E-state index < -0.39 is 47.2 Å². The molecule has 0 spiro atoms. The lowest BCUT2D eigenvalue weighted by Gasteiger charge is -2.17. The Balaban J connectivity index is 3.00. The third-order valence-corrected chi connectivity index (χ3v) is 2.50. The topological polar surface area (TPSA) is 125 Å². The quantitative estimate of drug-likeness (QED) is 0.536. The average Bonchev–Trinajstić information content (AvgIpc) is 2.37. The van der Waals surface area contributed by atoms with E-state index in [1.54, 1.807) is 0 Å². The molecule has 0 saturated heterocycles. The molecule has 0 aliphatic rings. The van der Waals surface area contributed by atoms with E-state index in [4.69, 9.17) is 10.2 Å². The van der Waals surface area contributed by atoms with Crippen LogP contribution in [0.3, 0.4) is 0 Å². The molecule has 1 aromatic heterocycles. The Hall–Kier alpha value is -2.49. The maximum Gasteiger partial charge on any atom is 0.433 e. The number of rotatable bonds is 5. The first-order valence-electron chi connectivity index (χ1n) is 5.24. The number of hydrogen-bond acceptors (Lipinski definition) is 5. The molecular formula is C11H8F3NO6. The van der Waals surface area contributed by atoms with Gasteiger partial charge in [-0.05, 0) is 12.1 Å². The van der Waals surface area contributed by atoms with Gasteiger partial charge in [-0.3, -0.25) is 9.78 Å². The summed E-state index contributed by atoms with van der Waals surface area (Å²) < 4.78 is 36.8. The first-order valence-corrected chi connectivity index (χ1v) is 5.24. The molecule has 7 nitrogen and oxygen atoms in total. The molecule has 21 heavy (non-hydrogen) atoms. The largest absolute Gasteiger partial charge is 0.479 e. The summed E-state index contributed by atoms with van der Waals surface area (Å²) in [7, 11) is 0. The number of carbonyl (C=O) groups excluding carboxylic acids is 1. The first kappa shape index (κ1) is 16.6. The lowest BCUT2D eigenvalue weighted by Crippen LogP contribution is -2.48. The summed E-state index contributed by atoms with van der Waals surface area (Å²) >= 11 is 0. The van der Waals surface area contributed by atoms with Crippen molar-refractivity contribution in [3.63, 3.8) is 0 Å². The van der Waals surface area contributed by atoms with Crippen molar-refractivity contribution in [3.05, 3.63) is 29.6 Å². The molecule has 3 N–H and O–H groups in total. The zero-order valence-corrected chi connectivity index (χ0v) is 10.1. The van der Waals surface area contributed by atoms with E-state index in [9.17, 15) is 32.7 Å². The van der Waals surface area contributed by atoms with Gasteiger partial charge in [-0.1, -0.05) is 0 Å². The monoisotopic (exact) mass is 307 g/mol. The third-order valence-electron chi connectivity index (χ3n) is 2.50. The minimum atomic E-state index is -4.72. The molecule has 114 valence electrons. The van der Waals surface area contributed by atoms with Crippen molar-refractivity contribution in [2.45, 2.75) is 18.2 Å². The SMILES string of the molecule is O=C(CC(O)(C(=O)O)C(=O)O)c1ccc(C(F)(F)F)nc1. The molecule has 0 atom stereocenters. The van der Waals surface area contributed by atoms with Crippen molar-refractivity contribution >= 4 is 17.7 Å². The second-order valence-electron chi connectivity index (χ2n) is 4.00. The van der Waals surface area contributed by atoms with Gasteiger partial charge in [0.2, 0.25) is 0 Å². The minimum absolute atomic E-state index is 0.455. The van der Waals surface area contributed by atoms with E-state index in [2.05, 4.69) is 4.98 Å². The Kier molecular flexibility index (Phi) is 4.32. The fourth-order valence-electron chi connectivity index (χ4n) is 1.30. The zero-order valence-electron chi connectivity index (χ0n) is 10.1. The van der Waals surface area contributed by atoms with Crippen LogP contribution >= 0.6 is 0 Å². The van der Waals surface area contributed by atoms with E-state index in [1.807, 2.05) is 0 Å². The molecule has 0 bridgehead atoms. The van der Waals surface area contributed by atoms with Gasteiger partial charge in [0.05, 0.1) is 6.42 Å². The predicted octanol–water partition coefficient (Wildman–Crippen LogP) is 0.573. The number of carboxylic acid groups (broad SMARTS) is 2. The van der Waals surface area contributed by atoms with E-state index in [-0.39, 0.29) is 0 Å². The number of halogens is 3. The fraction of sp³-hybridized carbons (Fsp3) is 0.273. The molecule has 0 saturated carbocycles. The van der Waals surface area contributed by atoms with Crippen molar-refractivity contribution in [1.82, 2.24) is 4.98 Å². The van der Waals surface area contributed by atoms with Crippen molar-refractivity contribution in [2.75, 3.05) is 0 Å². The second kappa shape index (κ2) is 5.48. The number of ketones is 1. The molecule has 10 heteroatoms. The van der Waals surface area contributed by atoms with Gasteiger partial charge in [0.15, 0.2) is 5.78 Å². The number of Topliss-reactive ketones (excluding diaryl/α,β-unsaturated/α-hetero) is 1. The molecule has 0 aromatic carbocycles. The Morgan fingerprint density at radius 1 is 1.10 bits per heavy atom. The zero-order chi connectivity index (χ0) is 16.4. The lowest BCUT2D eigenvalue weighted by atomic mass is 9.94. The van der Waals surface area contributed by atoms with Crippen LogP contribution in [0.2, 0.25) is 0 Å². The normalized spacial score (nSPS) is 12.0. The van der Waals surface area contributed by atoms with Crippen LogP contribution in [-0.2, 0) is 15.8 Å². The van der Waals surface area contributed by atoms with Crippen LogP contribution in [0, 0.1) is 0 Å². The molecule has 0 radical (unpaired) electrons. The highest BCUT2D eigenvalue weighted by atomic mass is 19.4. The summed E-state index contributed by atoms with van der Waals surface area (Å²) in [6.45, 7) is 0. The minimum Gasteiger partial charge on any atom is -0.479 e. The first-order chi connectivity index (χ1) is 9.48. The number of aliphatic carboxylic acids is 2. The third kappa shape index (κ3) is 3.54. The summed E-state index contributed by atoms with van der Waals surface area (Å²) in [5.74, 6) is -5.50. The summed E-state index contributed by atoms with van der Waals surface area (Å²) in [5, 5.41) is 26.6. The maximum absolute atomic E-state index is 12.3. The van der Waals surface area contributed by atoms with Crippen molar-refractivity contribution in [3.8, 4) is 0 Å². The van der Waals surface area contributed by atoms with Gasteiger partial charge in [-0.25, -0.2) is 9.59 Å². The van der Waals surface area contributed by atoms with E-state index in [0.717, 1.165) is 0 Å². The Morgan fingerprint density at radius 2 is 1.62 bits per heavy atom. The summed E-state index contributed by atoms with van der Waals surface area (Å²) in [5.41, 5.74) is -5.09. The molecule has 0 aliphatic heterocycles. The number of aromatic nitrogens is 1. The highest BCUT2D eigenvalue weighted by Crippen LogP contribution is 2.27. The van der Waals surface area contributed by atoms with Crippen molar-refractivity contribution in [1.29, 1.82) is 0 Å². The van der Waals surface area contributed by atoms with Gasteiger partial charge in [0.1, 0.15) is 5.69 Å². The highest BCUT2D eigenvalue weighted by molar-refractivity contribution is 6.08. The molecule has 1 rings (SSSR count). The molecule has 1 heterocycles. The Bertz CT molecular complexity index is 567. The van der Waals surface area contributed by atoms with Crippen LogP contribution in [0.25, 0.3) is 0 Å². The lowest BCUT2D eigenvalue weighted by molar-refractivity contribution is -0.175. The Morgan fingerprint density at radius 3 is 1.95 bits per heavy atom. The van der Waals surface area contributed by atoms with Crippen LogP contribution < -0.4 is 0 Å². The molecule has 1 aromatic rings. The standard InChI is InChI=1S/C11H8F3NO6/c12-11(13,14)7-2-1-5(4-15-7)6(16)3-10(21,8(17)18)9(19)20/h1-2,4,21H,3H2,(H,17,18)(H,19,20).